The Morgan fingerprint density at radius 3 is 2.52 bits per heavy atom. The molecule has 0 N–H and O–H groups in total. The third kappa shape index (κ3) is 3.83. The van der Waals surface area contributed by atoms with E-state index in [-0.39, 0.29) is 5.69 Å². The molecule has 1 heterocycles. The molecule has 0 saturated carbocycles. The summed E-state index contributed by atoms with van der Waals surface area (Å²) in [4.78, 5) is 16.2. The van der Waals surface area contributed by atoms with Crippen molar-refractivity contribution in [3.05, 3.63) is 64.8 Å². The zero-order valence-corrected chi connectivity index (χ0v) is 14.5. The summed E-state index contributed by atoms with van der Waals surface area (Å²) in [7, 11) is 2.90. The molecule has 128 valence electrons. The fourth-order valence-electron chi connectivity index (χ4n) is 2.37. The van der Waals surface area contributed by atoms with Crippen molar-refractivity contribution >= 4 is 28.5 Å². The van der Waals surface area contributed by atoms with Gasteiger partial charge in [0.25, 0.3) is 0 Å². The molecule has 2 aromatic carbocycles. The number of hydrogen-bond acceptors (Lipinski definition) is 5. The van der Waals surface area contributed by atoms with Gasteiger partial charge in [-0.1, -0.05) is 23.7 Å². The number of nitrogens with zero attached hydrogens (tertiary/aromatic N) is 1. The number of esters is 1. The lowest BCUT2D eigenvalue weighted by atomic mass is 10.1. The van der Waals surface area contributed by atoms with Crippen LogP contribution >= 0.6 is 11.6 Å². The second-order valence-corrected chi connectivity index (χ2v) is 5.73. The highest BCUT2D eigenvalue weighted by atomic mass is 35.5. The molecule has 0 radical (unpaired) electrons. The minimum Gasteiger partial charge on any atom is -0.497 e. The Labute approximate surface area is 150 Å². The lowest BCUT2D eigenvalue weighted by molar-refractivity contribution is 0.0594. The largest absolute Gasteiger partial charge is 0.497 e. The van der Waals surface area contributed by atoms with Gasteiger partial charge in [-0.15, -0.1) is 0 Å². The topological polar surface area (TPSA) is 57.7 Å². The Bertz CT molecular complexity index is 909. The normalized spacial score (nSPS) is 10.5. The van der Waals surface area contributed by atoms with Gasteiger partial charge in [-0.25, -0.2) is 9.78 Å². The summed E-state index contributed by atoms with van der Waals surface area (Å²) in [5.74, 6) is 0.685. The molecule has 3 aromatic rings. The van der Waals surface area contributed by atoms with Gasteiger partial charge in [0.15, 0.2) is 5.69 Å². The summed E-state index contributed by atoms with van der Waals surface area (Å²) in [6, 6.07) is 14.3. The van der Waals surface area contributed by atoms with Crippen LogP contribution in [0.2, 0.25) is 5.02 Å². The first-order valence-corrected chi connectivity index (χ1v) is 7.93. The monoisotopic (exact) mass is 357 g/mol. The maximum Gasteiger partial charge on any atom is 0.356 e. The predicted octanol–water partition coefficient (Wildman–Crippen LogP) is 4.26. The Balaban J connectivity index is 2.00. The summed E-state index contributed by atoms with van der Waals surface area (Å²) in [5.41, 5.74) is 1.76. The molecule has 0 fully saturated rings. The van der Waals surface area contributed by atoms with Crippen LogP contribution in [0, 0.1) is 0 Å². The molecule has 0 saturated heterocycles. The van der Waals surface area contributed by atoms with E-state index in [0.29, 0.717) is 28.6 Å². The zero-order valence-electron chi connectivity index (χ0n) is 13.8. The van der Waals surface area contributed by atoms with Crippen LogP contribution in [0.15, 0.2) is 48.5 Å². The Hall–Kier alpha value is -2.79. The molecule has 6 heteroatoms. The Morgan fingerprint density at radius 1 is 1.08 bits per heavy atom. The van der Waals surface area contributed by atoms with Crippen molar-refractivity contribution in [1.29, 1.82) is 0 Å². The molecular formula is C19H16ClNO4. The molecule has 0 amide bonds. The number of halogens is 1. The molecule has 0 unspecified atom stereocenters. The van der Waals surface area contributed by atoms with Crippen LogP contribution in [0.25, 0.3) is 10.9 Å². The van der Waals surface area contributed by atoms with E-state index >= 15 is 0 Å². The highest BCUT2D eigenvalue weighted by molar-refractivity contribution is 6.30. The van der Waals surface area contributed by atoms with Crippen molar-refractivity contribution in [1.82, 2.24) is 4.98 Å². The third-order valence-corrected chi connectivity index (χ3v) is 3.93. The van der Waals surface area contributed by atoms with Gasteiger partial charge >= 0.3 is 5.97 Å². The summed E-state index contributed by atoms with van der Waals surface area (Å²) in [6.45, 7) is 0.327. The van der Waals surface area contributed by atoms with Crippen molar-refractivity contribution in [2.75, 3.05) is 14.2 Å². The Morgan fingerprint density at radius 2 is 1.84 bits per heavy atom. The summed E-state index contributed by atoms with van der Waals surface area (Å²) < 4.78 is 16.0. The van der Waals surface area contributed by atoms with E-state index in [0.717, 1.165) is 10.9 Å². The number of rotatable bonds is 5. The average molecular weight is 358 g/mol. The van der Waals surface area contributed by atoms with Crippen molar-refractivity contribution in [2.24, 2.45) is 0 Å². The lowest BCUT2D eigenvalue weighted by Gasteiger charge is -2.12. The van der Waals surface area contributed by atoms with Crippen molar-refractivity contribution in [2.45, 2.75) is 6.61 Å². The summed E-state index contributed by atoms with van der Waals surface area (Å²) >= 11 is 5.90. The second kappa shape index (κ2) is 7.40. The maximum atomic E-state index is 11.9. The van der Waals surface area contributed by atoms with Gasteiger partial charge in [0.05, 0.1) is 19.7 Å². The number of carbonyl (C=O) groups excluding carboxylic acids is 1. The van der Waals surface area contributed by atoms with Crippen LogP contribution in [-0.2, 0) is 11.3 Å². The van der Waals surface area contributed by atoms with Crippen molar-refractivity contribution in [3.8, 4) is 11.5 Å². The molecular weight excluding hydrogens is 342 g/mol. The summed E-state index contributed by atoms with van der Waals surface area (Å²) in [5, 5.41) is 1.41. The summed E-state index contributed by atoms with van der Waals surface area (Å²) in [6.07, 6.45) is 0. The first-order chi connectivity index (χ1) is 12.1. The number of aromatic nitrogens is 1. The minimum atomic E-state index is -0.519. The fourth-order valence-corrected chi connectivity index (χ4v) is 2.50. The third-order valence-electron chi connectivity index (χ3n) is 3.68. The second-order valence-electron chi connectivity index (χ2n) is 5.30. The number of hydrogen-bond donors (Lipinski definition) is 0. The van der Waals surface area contributed by atoms with Crippen LogP contribution in [0.3, 0.4) is 0 Å². The highest BCUT2D eigenvalue weighted by Crippen LogP contribution is 2.30. The van der Waals surface area contributed by atoms with Crippen molar-refractivity contribution < 1.29 is 19.0 Å². The van der Waals surface area contributed by atoms with Gasteiger partial charge in [-0.3, -0.25) is 0 Å². The van der Waals surface area contributed by atoms with E-state index in [1.165, 1.54) is 7.11 Å². The number of carbonyl (C=O) groups is 1. The SMILES string of the molecule is COC(=O)c1cc(OCc2ccc(Cl)cc2)c2cc(OC)ccc2n1. The predicted molar refractivity (Wildman–Crippen MR) is 95.4 cm³/mol. The van der Waals surface area contributed by atoms with E-state index in [9.17, 15) is 4.79 Å². The first-order valence-electron chi connectivity index (χ1n) is 7.55. The van der Waals surface area contributed by atoms with Crippen LogP contribution in [0.4, 0.5) is 0 Å². The molecule has 0 atom stereocenters. The number of fused-ring (bicyclic) bond motifs is 1. The van der Waals surface area contributed by atoms with Crippen LogP contribution < -0.4 is 9.47 Å². The van der Waals surface area contributed by atoms with Crippen LogP contribution in [0.1, 0.15) is 16.1 Å². The number of benzene rings is 2. The maximum absolute atomic E-state index is 11.9. The van der Waals surface area contributed by atoms with E-state index in [1.54, 1.807) is 37.4 Å². The smallest absolute Gasteiger partial charge is 0.356 e. The van der Waals surface area contributed by atoms with Gasteiger partial charge in [0.1, 0.15) is 18.1 Å². The zero-order chi connectivity index (χ0) is 17.8. The standard InChI is InChI=1S/C19H16ClNO4/c1-23-14-7-8-16-15(9-14)18(10-17(21-16)19(22)24-2)25-11-12-3-5-13(20)6-4-12/h3-10H,11H2,1-2H3. The molecule has 0 aliphatic rings. The molecule has 0 spiro atoms. The number of ether oxygens (including phenoxy) is 3. The van der Waals surface area contributed by atoms with Gasteiger partial charge in [0, 0.05) is 16.5 Å². The molecule has 3 rings (SSSR count). The minimum absolute atomic E-state index is 0.186. The lowest BCUT2D eigenvalue weighted by Crippen LogP contribution is -2.06. The van der Waals surface area contributed by atoms with E-state index in [4.69, 9.17) is 25.8 Å². The van der Waals surface area contributed by atoms with Gasteiger partial charge in [-0.05, 0) is 35.9 Å². The first kappa shape index (κ1) is 17.0. The quantitative estimate of drug-likeness (QED) is 0.638. The number of methoxy groups -OCH3 is 2. The molecule has 0 aliphatic heterocycles. The van der Waals surface area contributed by atoms with Gasteiger partial charge in [-0.2, -0.15) is 0 Å². The molecule has 1 aromatic heterocycles. The van der Waals surface area contributed by atoms with Crippen LogP contribution in [0.5, 0.6) is 11.5 Å². The van der Waals surface area contributed by atoms with E-state index < -0.39 is 5.97 Å². The average Bonchev–Trinajstić information content (AvgIpc) is 2.66. The van der Waals surface area contributed by atoms with Crippen molar-refractivity contribution in [3.63, 3.8) is 0 Å². The molecule has 0 bridgehead atoms. The fraction of sp³-hybridized carbons (Fsp3) is 0.158. The highest BCUT2D eigenvalue weighted by Gasteiger charge is 2.14. The van der Waals surface area contributed by atoms with E-state index in [2.05, 4.69) is 4.98 Å². The molecule has 0 aliphatic carbocycles. The van der Waals surface area contributed by atoms with Gasteiger partial charge < -0.3 is 14.2 Å². The number of pyridine rings is 1. The Kier molecular flexibility index (Phi) is 5.05. The van der Waals surface area contributed by atoms with Gasteiger partial charge in [0.2, 0.25) is 0 Å². The van der Waals surface area contributed by atoms with E-state index in [1.807, 2.05) is 18.2 Å². The molecule has 25 heavy (non-hydrogen) atoms. The molecule has 5 nitrogen and oxygen atoms in total. The van der Waals surface area contributed by atoms with Crippen LogP contribution in [-0.4, -0.2) is 25.2 Å².